The molecule has 0 aromatic heterocycles. The lowest BCUT2D eigenvalue weighted by atomic mass is 10.1. The maximum Gasteiger partial charge on any atom is 0.315 e. The van der Waals surface area contributed by atoms with Crippen LogP contribution in [0.5, 0.6) is 0 Å². The second-order valence-corrected chi connectivity index (χ2v) is 4.49. The lowest BCUT2D eigenvalue weighted by Crippen LogP contribution is -2.42. The van der Waals surface area contributed by atoms with Crippen molar-refractivity contribution in [3.05, 3.63) is 35.4 Å². The van der Waals surface area contributed by atoms with Crippen LogP contribution in [0.15, 0.2) is 24.3 Å². The van der Waals surface area contributed by atoms with Gasteiger partial charge in [0.05, 0.1) is 17.7 Å². The van der Waals surface area contributed by atoms with Gasteiger partial charge in [-0.1, -0.05) is 12.1 Å². The smallest absolute Gasteiger partial charge is 0.315 e. The normalized spacial score (nSPS) is 13.2. The number of amides is 2. The van der Waals surface area contributed by atoms with E-state index >= 15 is 0 Å². The molecule has 3 N–H and O–H groups in total. The molecule has 102 valence electrons. The van der Waals surface area contributed by atoms with Gasteiger partial charge in [-0.05, 0) is 38.0 Å². The van der Waals surface area contributed by atoms with Gasteiger partial charge in [-0.3, -0.25) is 0 Å². The van der Waals surface area contributed by atoms with E-state index in [9.17, 15) is 4.79 Å². The Balaban J connectivity index is 2.51. The van der Waals surface area contributed by atoms with Crippen LogP contribution < -0.4 is 10.6 Å². The van der Waals surface area contributed by atoms with Gasteiger partial charge in [0.1, 0.15) is 0 Å². The van der Waals surface area contributed by atoms with E-state index in [0.29, 0.717) is 12.0 Å². The zero-order valence-electron chi connectivity index (χ0n) is 11.2. The summed E-state index contributed by atoms with van der Waals surface area (Å²) in [6, 6.07) is 8.65. The maximum atomic E-state index is 11.7. The predicted molar refractivity (Wildman–Crippen MR) is 72.4 cm³/mol. The number of benzene rings is 1. The van der Waals surface area contributed by atoms with E-state index in [0.717, 1.165) is 5.56 Å². The molecule has 0 radical (unpaired) electrons. The zero-order valence-corrected chi connectivity index (χ0v) is 11.2. The number of urea groups is 1. The van der Waals surface area contributed by atoms with Crippen molar-refractivity contribution in [2.45, 2.75) is 32.4 Å². The molecule has 2 amide bonds. The minimum absolute atomic E-state index is 0.0482. The number of aliphatic hydroxyl groups is 1. The maximum absolute atomic E-state index is 11.7. The summed E-state index contributed by atoms with van der Waals surface area (Å²) in [4.78, 5) is 11.7. The summed E-state index contributed by atoms with van der Waals surface area (Å²) < 4.78 is 0. The molecule has 0 saturated carbocycles. The quantitative estimate of drug-likeness (QED) is 0.754. The Kier molecular flexibility index (Phi) is 5.83. The van der Waals surface area contributed by atoms with E-state index in [1.807, 2.05) is 26.0 Å². The predicted octanol–water partition coefficient (Wildman–Crippen LogP) is 1.69. The molecule has 2 atom stereocenters. The van der Waals surface area contributed by atoms with E-state index in [2.05, 4.69) is 16.7 Å². The van der Waals surface area contributed by atoms with Crippen molar-refractivity contribution in [2.24, 2.45) is 0 Å². The summed E-state index contributed by atoms with van der Waals surface area (Å²) in [6.07, 6.45) is 0.526. The number of hydrogen-bond acceptors (Lipinski definition) is 3. The highest BCUT2D eigenvalue weighted by Crippen LogP contribution is 2.12. The molecule has 0 spiro atoms. The van der Waals surface area contributed by atoms with Crippen LogP contribution in [-0.4, -0.2) is 23.8 Å². The van der Waals surface area contributed by atoms with Crippen molar-refractivity contribution in [2.75, 3.05) is 6.61 Å². The van der Waals surface area contributed by atoms with Crippen molar-refractivity contribution < 1.29 is 9.90 Å². The lowest BCUT2D eigenvalue weighted by molar-refractivity contribution is 0.228. The molecule has 5 nitrogen and oxygen atoms in total. The highest BCUT2D eigenvalue weighted by atomic mass is 16.3. The summed E-state index contributed by atoms with van der Waals surface area (Å²) in [6.45, 7) is 3.76. The minimum atomic E-state index is -0.266. The summed E-state index contributed by atoms with van der Waals surface area (Å²) in [7, 11) is 0. The number of aliphatic hydroxyl groups excluding tert-OH is 1. The first-order valence-corrected chi connectivity index (χ1v) is 6.24. The standard InChI is InChI=1S/C14H19N3O2/c1-10(7-8-18)16-14(19)17-11(2)13-5-3-12(9-15)4-6-13/h3-6,10-11,18H,7-8H2,1-2H3,(H2,16,17,19)/t10-,11?/m1/s1. The van der Waals surface area contributed by atoms with Crippen molar-refractivity contribution in [1.29, 1.82) is 5.26 Å². The van der Waals surface area contributed by atoms with E-state index in [1.165, 1.54) is 0 Å². The molecule has 0 aliphatic heterocycles. The van der Waals surface area contributed by atoms with Gasteiger partial charge < -0.3 is 15.7 Å². The molecule has 0 saturated heterocycles. The van der Waals surface area contributed by atoms with Gasteiger partial charge in [-0.25, -0.2) is 4.79 Å². The van der Waals surface area contributed by atoms with Crippen LogP contribution in [0.3, 0.4) is 0 Å². The number of carbonyl (C=O) groups is 1. The van der Waals surface area contributed by atoms with Crippen molar-refractivity contribution in [3.63, 3.8) is 0 Å². The molecule has 0 aliphatic rings. The molecule has 19 heavy (non-hydrogen) atoms. The second kappa shape index (κ2) is 7.39. The average molecular weight is 261 g/mol. The molecule has 0 aliphatic carbocycles. The van der Waals surface area contributed by atoms with Gasteiger partial charge in [0.2, 0.25) is 0 Å². The lowest BCUT2D eigenvalue weighted by Gasteiger charge is -2.18. The Bertz CT molecular complexity index is 451. The molecule has 5 heteroatoms. The van der Waals surface area contributed by atoms with Crippen LogP contribution in [0.2, 0.25) is 0 Å². The molecule has 1 rings (SSSR count). The van der Waals surface area contributed by atoms with Crippen LogP contribution in [0.1, 0.15) is 37.4 Å². The van der Waals surface area contributed by atoms with Crippen molar-refractivity contribution in [1.82, 2.24) is 10.6 Å². The van der Waals surface area contributed by atoms with Crippen LogP contribution in [0, 0.1) is 11.3 Å². The average Bonchev–Trinajstić information content (AvgIpc) is 2.38. The number of nitrogens with one attached hydrogen (secondary N) is 2. The molecule has 1 aromatic carbocycles. The first kappa shape index (κ1) is 15.0. The zero-order chi connectivity index (χ0) is 14.3. The van der Waals surface area contributed by atoms with Gasteiger partial charge in [0.25, 0.3) is 0 Å². The molecule has 0 heterocycles. The van der Waals surface area contributed by atoms with Gasteiger partial charge in [0, 0.05) is 12.6 Å². The van der Waals surface area contributed by atoms with Gasteiger partial charge >= 0.3 is 6.03 Å². The van der Waals surface area contributed by atoms with E-state index < -0.39 is 0 Å². The summed E-state index contributed by atoms with van der Waals surface area (Å²) in [5.74, 6) is 0. The summed E-state index contributed by atoms with van der Waals surface area (Å²) in [5.41, 5.74) is 1.53. The monoisotopic (exact) mass is 261 g/mol. The SMILES string of the molecule is CC(NC(=O)N[C@H](C)CCO)c1ccc(C#N)cc1. The fourth-order valence-corrected chi connectivity index (χ4v) is 1.66. The first-order chi connectivity index (χ1) is 9.06. The minimum Gasteiger partial charge on any atom is -0.396 e. The highest BCUT2D eigenvalue weighted by molar-refractivity contribution is 5.74. The topological polar surface area (TPSA) is 85.2 Å². The fourth-order valence-electron chi connectivity index (χ4n) is 1.66. The Morgan fingerprint density at radius 1 is 1.32 bits per heavy atom. The van der Waals surface area contributed by atoms with Crippen molar-refractivity contribution >= 4 is 6.03 Å². The Labute approximate surface area is 113 Å². The summed E-state index contributed by atoms with van der Waals surface area (Å²) in [5, 5.41) is 23.0. The number of nitrogens with zero attached hydrogens (tertiary/aromatic N) is 1. The van der Waals surface area contributed by atoms with Crippen LogP contribution in [0.4, 0.5) is 4.79 Å². The van der Waals surface area contributed by atoms with E-state index in [4.69, 9.17) is 10.4 Å². The third-order valence-electron chi connectivity index (χ3n) is 2.83. The van der Waals surface area contributed by atoms with Crippen LogP contribution >= 0.6 is 0 Å². The molecular weight excluding hydrogens is 242 g/mol. The molecule has 1 unspecified atom stereocenters. The number of carbonyl (C=O) groups excluding carboxylic acids is 1. The molecule has 1 aromatic rings. The van der Waals surface area contributed by atoms with Gasteiger partial charge in [-0.15, -0.1) is 0 Å². The Hall–Kier alpha value is -2.06. The second-order valence-electron chi connectivity index (χ2n) is 4.49. The van der Waals surface area contributed by atoms with E-state index in [-0.39, 0.29) is 24.7 Å². The highest BCUT2D eigenvalue weighted by Gasteiger charge is 2.11. The Morgan fingerprint density at radius 3 is 2.47 bits per heavy atom. The van der Waals surface area contributed by atoms with Gasteiger partial charge in [-0.2, -0.15) is 5.26 Å². The third kappa shape index (κ3) is 4.98. The largest absolute Gasteiger partial charge is 0.396 e. The van der Waals surface area contributed by atoms with Crippen LogP contribution in [0.25, 0.3) is 0 Å². The van der Waals surface area contributed by atoms with Gasteiger partial charge in [0.15, 0.2) is 0 Å². The summed E-state index contributed by atoms with van der Waals surface area (Å²) >= 11 is 0. The Morgan fingerprint density at radius 2 is 1.95 bits per heavy atom. The number of hydrogen-bond donors (Lipinski definition) is 3. The molecule has 0 fully saturated rings. The first-order valence-electron chi connectivity index (χ1n) is 6.24. The molecule has 0 bridgehead atoms. The van der Waals surface area contributed by atoms with Crippen molar-refractivity contribution in [3.8, 4) is 6.07 Å². The third-order valence-corrected chi connectivity index (χ3v) is 2.83. The molecular formula is C14H19N3O2. The van der Waals surface area contributed by atoms with Crippen LogP contribution in [-0.2, 0) is 0 Å². The van der Waals surface area contributed by atoms with E-state index in [1.54, 1.807) is 12.1 Å². The number of rotatable bonds is 5. The number of nitriles is 1. The fraction of sp³-hybridized carbons (Fsp3) is 0.429.